The molecule has 0 aliphatic heterocycles. The quantitative estimate of drug-likeness (QED) is 0.875. The highest BCUT2D eigenvalue weighted by atomic mass is 32.2. The van der Waals surface area contributed by atoms with Crippen LogP contribution < -0.4 is 4.72 Å². The molecule has 1 aliphatic rings. The summed E-state index contributed by atoms with van der Waals surface area (Å²) >= 11 is 0. The zero-order valence-electron chi connectivity index (χ0n) is 10.9. The molecule has 0 saturated carbocycles. The highest BCUT2D eigenvalue weighted by molar-refractivity contribution is 7.84. The summed E-state index contributed by atoms with van der Waals surface area (Å²) in [4.78, 5) is 0. The van der Waals surface area contributed by atoms with E-state index in [9.17, 15) is 8.60 Å². The maximum atomic E-state index is 13.9. The zero-order chi connectivity index (χ0) is 13.5. The number of benzene rings is 1. The maximum absolute atomic E-state index is 13.9. The molecule has 1 aromatic rings. The Bertz CT molecular complexity index is 519. The van der Waals surface area contributed by atoms with Crippen LogP contribution in [0, 0.1) is 5.82 Å². The Morgan fingerprint density at radius 3 is 2.72 bits per heavy atom. The summed E-state index contributed by atoms with van der Waals surface area (Å²) < 4.78 is 28.6. The van der Waals surface area contributed by atoms with Crippen LogP contribution in [-0.2, 0) is 11.0 Å². The molecule has 2 atom stereocenters. The van der Waals surface area contributed by atoms with Crippen LogP contribution in [0.25, 0.3) is 5.57 Å². The number of fused-ring (bicyclic) bond motifs is 1. The van der Waals surface area contributed by atoms with E-state index in [2.05, 4.69) is 11.3 Å². The third kappa shape index (κ3) is 2.40. The van der Waals surface area contributed by atoms with Gasteiger partial charge in [0.05, 0.1) is 21.8 Å². The molecule has 0 aromatic heterocycles. The highest BCUT2D eigenvalue weighted by Crippen LogP contribution is 2.40. The van der Waals surface area contributed by atoms with E-state index in [0.29, 0.717) is 12.0 Å². The first kappa shape index (κ1) is 13.4. The van der Waals surface area contributed by atoms with Gasteiger partial charge >= 0.3 is 0 Å². The second kappa shape index (κ2) is 4.59. The predicted molar refractivity (Wildman–Crippen MR) is 73.8 cm³/mol. The van der Waals surface area contributed by atoms with E-state index in [4.69, 9.17) is 0 Å². The fraction of sp³-hybridized carbons (Fsp3) is 0.429. The van der Waals surface area contributed by atoms with Gasteiger partial charge in [0.15, 0.2) is 0 Å². The Balaban J connectivity index is 2.30. The van der Waals surface area contributed by atoms with Gasteiger partial charge in [0.25, 0.3) is 0 Å². The number of hydrogen-bond acceptors (Lipinski definition) is 1. The first-order chi connectivity index (χ1) is 8.30. The summed E-state index contributed by atoms with van der Waals surface area (Å²) in [5, 5.41) is 0. The van der Waals surface area contributed by atoms with E-state index in [0.717, 1.165) is 11.1 Å². The van der Waals surface area contributed by atoms with Crippen LogP contribution in [0.2, 0.25) is 0 Å². The van der Waals surface area contributed by atoms with E-state index in [1.165, 1.54) is 6.07 Å². The predicted octanol–water partition coefficient (Wildman–Crippen LogP) is 3.34. The molecule has 0 heterocycles. The van der Waals surface area contributed by atoms with Crippen LogP contribution in [0.1, 0.15) is 44.4 Å². The Morgan fingerprint density at radius 2 is 2.11 bits per heavy atom. The van der Waals surface area contributed by atoms with Crippen molar-refractivity contribution in [3.05, 3.63) is 41.7 Å². The lowest BCUT2D eigenvalue weighted by atomic mass is 10.1. The molecule has 0 unspecified atom stereocenters. The smallest absolute Gasteiger partial charge is 0.128 e. The Hall–Kier alpha value is -1.00. The third-order valence-corrected chi connectivity index (χ3v) is 4.65. The van der Waals surface area contributed by atoms with E-state index < -0.39 is 11.0 Å². The van der Waals surface area contributed by atoms with Crippen LogP contribution in [0.4, 0.5) is 4.39 Å². The summed E-state index contributed by atoms with van der Waals surface area (Å²) in [5.41, 5.74) is 2.34. The molecule has 0 fully saturated rings. The molecule has 0 spiro atoms. The molecule has 18 heavy (non-hydrogen) atoms. The van der Waals surface area contributed by atoms with E-state index in [-0.39, 0.29) is 16.6 Å². The second-order valence-corrected chi connectivity index (χ2v) is 7.56. The van der Waals surface area contributed by atoms with E-state index in [1.807, 2.05) is 26.8 Å². The van der Waals surface area contributed by atoms with Gasteiger partial charge in [-0.2, -0.15) is 0 Å². The molecule has 2 rings (SSSR count). The molecular formula is C14H18FNOS. The fourth-order valence-electron chi connectivity index (χ4n) is 2.06. The minimum atomic E-state index is -1.22. The van der Waals surface area contributed by atoms with Gasteiger partial charge in [0.1, 0.15) is 5.82 Å². The van der Waals surface area contributed by atoms with Crippen molar-refractivity contribution in [1.82, 2.24) is 4.72 Å². The fourth-order valence-corrected chi connectivity index (χ4v) is 2.88. The first-order valence-electron chi connectivity index (χ1n) is 5.95. The largest absolute Gasteiger partial charge is 0.242 e. The molecule has 0 radical (unpaired) electrons. The van der Waals surface area contributed by atoms with Gasteiger partial charge < -0.3 is 0 Å². The lowest BCUT2D eigenvalue weighted by Crippen LogP contribution is -2.35. The molecule has 0 bridgehead atoms. The molecule has 0 amide bonds. The third-order valence-electron chi connectivity index (χ3n) is 3.04. The number of rotatable bonds is 2. The SMILES string of the molecule is C=C1C[C@@H](N[S@@](=O)C(C)(C)C)c2c(F)cccc21. The van der Waals surface area contributed by atoms with Gasteiger partial charge in [-0.1, -0.05) is 18.7 Å². The van der Waals surface area contributed by atoms with Gasteiger partial charge in [-0.3, -0.25) is 0 Å². The normalized spacial score (nSPS) is 20.9. The van der Waals surface area contributed by atoms with Gasteiger partial charge in [0, 0.05) is 5.56 Å². The van der Waals surface area contributed by atoms with Crippen LogP contribution >= 0.6 is 0 Å². The zero-order valence-corrected chi connectivity index (χ0v) is 11.7. The summed E-state index contributed by atoms with van der Waals surface area (Å²) in [6.07, 6.45) is 0.609. The van der Waals surface area contributed by atoms with Crippen molar-refractivity contribution in [3.63, 3.8) is 0 Å². The lowest BCUT2D eigenvalue weighted by Gasteiger charge is -2.22. The van der Waals surface area contributed by atoms with E-state index in [1.54, 1.807) is 6.07 Å². The lowest BCUT2D eigenvalue weighted by molar-refractivity contribution is 0.568. The van der Waals surface area contributed by atoms with Crippen LogP contribution in [0.5, 0.6) is 0 Å². The van der Waals surface area contributed by atoms with Gasteiger partial charge in [-0.05, 0) is 44.4 Å². The minimum absolute atomic E-state index is 0.242. The average Bonchev–Trinajstić information content (AvgIpc) is 2.56. The molecule has 4 heteroatoms. The summed E-state index contributed by atoms with van der Waals surface area (Å²) in [6.45, 7) is 9.62. The van der Waals surface area contributed by atoms with Gasteiger partial charge in [0.2, 0.25) is 0 Å². The molecule has 98 valence electrons. The van der Waals surface area contributed by atoms with E-state index >= 15 is 0 Å². The summed E-state index contributed by atoms with van der Waals surface area (Å²) in [7, 11) is -1.22. The summed E-state index contributed by atoms with van der Waals surface area (Å²) in [5.74, 6) is -0.255. The number of nitrogens with one attached hydrogen (secondary N) is 1. The standard InChI is InChI=1S/C14H18FNOS/c1-9-8-12(16-18(17)14(2,3)4)13-10(9)6-5-7-11(13)15/h5-7,12,16H,1,8H2,2-4H3/t12-,18+/m1/s1. The Morgan fingerprint density at radius 1 is 1.44 bits per heavy atom. The van der Waals surface area contributed by atoms with Crippen molar-refractivity contribution < 1.29 is 8.60 Å². The number of hydrogen-bond donors (Lipinski definition) is 1. The number of halogens is 1. The van der Waals surface area contributed by atoms with Crippen molar-refractivity contribution >= 4 is 16.6 Å². The highest BCUT2D eigenvalue weighted by Gasteiger charge is 2.31. The topological polar surface area (TPSA) is 29.1 Å². The van der Waals surface area contributed by atoms with Crippen molar-refractivity contribution in [2.24, 2.45) is 0 Å². The first-order valence-corrected chi connectivity index (χ1v) is 7.10. The van der Waals surface area contributed by atoms with Crippen molar-refractivity contribution in [3.8, 4) is 0 Å². The van der Waals surface area contributed by atoms with Crippen molar-refractivity contribution in [1.29, 1.82) is 0 Å². The molecule has 1 N–H and O–H groups in total. The van der Waals surface area contributed by atoms with Crippen LogP contribution in [0.3, 0.4) is 0 Å². The Labute approximate surface area is 110 Å². The van der Waals surface area contributed by atoms with Gasteiger partial charge in [-0.25, -0.2) is 13.3 Å². The van der Waals surface area contributed by atoms with Crippen molar-refractivity contribution in [2.45, 2.75) is 38.0 Å². The molecular weight excluding hydrogens is 249 g/mol. The summed E-state index contributed by atoms with van der Waals surface area (Å²) in [6, 6.07) is 4.74. The second-order valence-electron chi connectivity index (χ2n) is 5.56. The van der Waals surface area contributed by atoms with Crippen molar-refractivity contribution in [2.75, 3.05) is 0 Å². The molecule has 2 nitrogen and oxygen atoms in total. The van der Waals surface area contributed by atoms with Crippen LogP contribution in [0.15, 0.2) is 24.8 Å². The minimum Gasteiger partial charge on any atom is -0.242 e. The Kier molecular flexibility index (Phi) is 3.43. The molecule has 1 aromatic carbocycles. The van der Waals surface area contributed by atoms with Crippen LogP contribution in [-0.4, -0.2) is 8.96 Å². The monoisotopic (exact) mass is 267 g/mol. The van der Waals surface area contributed by atoms with Gasteiger partial charge in [-0.15, -0.1) is 0 Å². The average molecular weight is 267 g/mol. The molecule has 1 aliphatic carbocycles. The molecule has 0 saturated heterocycles. The maximum Gasteiger partial charge on any atom is 0.128 e.